The molecule has 0 aliphatic rings. The van der Waals surface area contributed by atoms with Crippen molar-refractivity contribution < 1.29 is 10.0 Å². The Hall–Kier alpha value is 1.07. The van der Waals surface area contributed by atoms with E-state index in [0.717, 1.165) is 12.8 Å². The van der Waals surface area contributed by atoms with Crippen molar-refractivity contribution in [1.82, 2.24) is 5.48 Å². The van der Waals surface area contributed by atoms with Crippen molar-refractivity contribution in [2.24, 2.45) is 0 Å². The zero-order valence-electron chi connectivity index (χ0n) is 7.81. The molecule has 0 unspecified atom stereocenters. The van der Waals surface area contributed by atoms with Gasteiger partial charge in [0.25, 0.3) is 0 Å². The van der Waals surface area contributed by atoms with Gasteiger partial charge in [0, 0.05) is 6.42 Å². The van der Waals surface area contributed by atoms with Crippen molar-refractivity contribution in [2.75, 3.05) is 0 Å². The second-order valence-corrected chi connectivity index (χ2v) is 3.05. The van der Waals surface area contributed by atoms with Gasteiger partial charge in [-0.1, -0.05) is 39.0 Å². The maximum atomic E-state index is 10.5. The molecule has 74 valence electrons. The quantitative estimate of drug-likeness (QED) is 0.292. The average Bonchev–Trinajstić information content (AvgIpc) is 2.10. The first-order valence-corrected chi connectivity index (χ1v) is 4.74. The van der Waals surface area contributed by atoms with Crippen molar-refractivity contribution in [2.45, 2.75) is 51.9 Å². The summed E-state index contributed by atoms with van der Waals surface area (Å²) in [5, 5.41) is 8.18. The van der Waals surface area contributed by atoms with Crippen LogP contribution in [0.25, 0.3) is 0 Å². The summed E-state index contributed by atoms with van der Waals surface area (Å²) >= 11 is 0. The zero-order chi connectivity index (χ0) is 9.23. The van der Waals surface area contributed by atoms with Crippen LogP contribution >= 0.6 is 0 Å². The molecule has 0 spiro atoms. The van der Waals surface area contributed by atoms with Crippen molar-refractivity contribution in [1.29, 1.82) is 0 Å². The first-order chi connectivity index (χ1) is 5.81. The standard InChI is InChI=1S/C9H19NO2.K.H/c1-2-3-4-5-6-7-8-9(11)10-12;;/h12H,2-8H2,1H3,(H,10,11);;. The fourth-order valence-corrected chi connectivity index (χ4v) is 1.12. The molecule has 4 heteroatoms. The summed E-state index contributed by atoms with van der Waals surface area (Å²) in [5.41, 5.74) is 1.63. The van der Waals surface area contributed by atoms with Gasteiger partial charge < -0.3 is 0 Å². The third-order valence-corrected chi connectivity index (χ3v) is 1.88. The summed E-state index contributed by atoms with van der Waals surface area (Å²) in [5.74, 6) is -0.273. The van der Waals surface area contributed by atoms with E-state index in [1.807, 2.05) is 0 Å². The van der Waals surface area contributed by atoms with Crippen LogP contribution in [0.4, 0.5) is 0 Å². The van der Waals surface area contributed by atoms with Crippen LogP contribution < -0.4 is 5.48 Å². The van der Waals surface area contributed by atoms with E-state index in [4.69, 9.17) is 5.21 Å². The topological polar surface area (TPSA) is 49.3 Å². The third-order valence-electron chi connectivity index (χ3n) is 1.88. The summed E-state index contributed by atoms with van der Waals surface area (Å²) in [6.07, 6.45) is 7.42. The van der Waals surface area contributed by atoms with E-state index in [1.54, 1.807) is 5.48 Å². The Balaban J connectivity index is 0. The summed E-state index contributed by atoms with van der Waals surface area (Å²) < 4.78 is 0. The summed E-state index contributed by atoms with van der Waals surface area (Å²) in [6, 6.07) is 0. The molecule has 0 aliphatic carbocycles. The number of carbonyl (C=O) groups excluding carboxylic acids is 1. The van der Waals surface area contributed by atoms with Gasteiger partial charge in [-0.25, -0.2) is 5.48 Å². The normalized spacial score (nSPS) is 9.08. The van der Waals surface area contributed by atoms with Crippen LogP contribution in [0.2, 0.25) is 0 Å². The minimum atomic E-state index is -0.273. The molecule has 0 heterocycles. The van der Waals surface area contributed by atoms with E-state index in [9.17, 15) is 4.79 Å². The van der Waals surface area contributed by atoms with Gasteiger partial charge in [-0.05, 0) is 6.42 Å². The molecule has 1 amide bonds. The van der Waals surface area contributed by atoms with Gasteiger partial charge in [-0.3, -0.25) is 10.0 Å². The van der Waals surface area contributed by atoms with E-state index >= 15 is 0 Å². The first kappa shape index (κ1) is 16.5. The molecule has 0 saturated heterocycles. The predicted octanol–water partition coefficient (Wildman–Crippen LogP) is 1.59. The molecule has 2 N–H and O–H groups in total. The molecule has 0 aliphatic heterocycles. The second kappa shape index (κ2) is 13.1. The molecular weight excluding hydrogens is 193 g/mol. The van der Waals surface area contributed by atoms with Crippen molar-refractivity contribution in [3.63, 3.8) is 0 Å². The molecule has 0 radical (unpaired) electrons. The molecule has 0 rings (SSSR count). The fourth-order valence-electron chi connectivity index (χ4n) is 1.12. The number of nitrogens with one attached hydrogen (secondary N) is 1. The predicted molar refractivity (Wildman–Crippen MR) is 55.1 cm³/mol. The van der Waals surface area contributed by atoms with Crippen LogP contribution in [0.5, 0.6) is 0 Å². The molecule has 0 atom stereocenters. The van der Waals surface area contributed by atoms with Crippen molar-refractivity contribution in [3.05, 3.63) is 0 Å². The molecule has 0 bridgehead atoms. The average molecular weight is 213 g/mol. The molecule has 3 nitrogen and oxygen atoms in total. The van der Waals surface area contributed by atoms with E-state index in [1.165, 1.54) is 25.7 Å². The molecule has 0 fully saturated rings. The molecule has 0 aromatic carbocycles. The van der Waals surface area contributed by atoms with E-state index in [2.05, 4.69) is 6.92 Å². The number of hydrogen-bond donors (Lipinski definition) is 2. The molecule has 0 saturated carbocycles. The van der Waals surface area contributed by atoms with E-state index in [0.29, 0.717) is 6.42 Å². The SMILES string of the molecule is CCCCCCCCC(=O)NO.[KH]. The molecule has 0 aromatic rings. The Kier molecular flexibility index (Phi) is 16.6. The molecule has 13 heavy (non-hydrogen) atoms. The number of unbranched alkanes of at least 4 members (excludes halogenated alkanes) is 5. The minimum absolute atomic E-state index is 0. The Morgan fingerprint density at radius 1 is 1.15 bits per heavy atom. The van der Waals surface area contributed by atoms with Gasteiger partial charge in [0.1, 0.15) is 0 Å². The Labute approximate surface area is 123 Å². The van der Waals surface area contributed by atoms with Crippen LogP contribution in [0, 0.1) is 0 Å². The fraction of sp³-hybridized carbons (Fsp3) is 0.889. The van der Waals surface area contributed by atoms with E-state index in [-0.39, 0.29) is 57.3 Å². The monoisotopic (exact) mass is 213 g/mol. The number of hydrogen-bond acceptors (Lipinski definition) is 2. The first-order valence-electron chi connectivity index (χ1n) is 4.74. The van der Waals surface area contributed by atoms with Gasteiger partial charge in [0.05, 0.1) is 0 Å². The van der Waals surface area contributed by atoms with Gasteiger partial charge in [-0.2, -0.15) is 0 Å². The van der Waals surface area contributed by atoms with Gasteiger partial charge in [-0.15, -0.1) is 0 Å². The Morgan fingerprint density at radius 2 is 1.69 bits per heavy atom. The second-order valence-electron chi connectivity index (χ2n) is 3.05. The number of hydroxylamine groups is 1. The Morgan fingerprint density at radius 3 is 2.23 bits per heavy atom. The molecular formula is C9H20KNO2. The van der Waals surface area contributed by atoms with Crippen LogP contribution in [-0.4, -0.2) is 62.5 Å². The van der Waals surface area contributed by atoms with E-state index < -0.39 is 0 Å². The summed E-state index contributed by atoms with van der Waals surface area (Å²) in [6.45, 7) is 2.18. The van der Waals surface area contributed by atoms with Gasteiger partial charge >= 0.3 is 51.4 Å². The maximum absolute atomic E-state index is 10.5. The Bertz CT molecular complexity index is 120. The third kappa shape index (κ3) is 13.1. The van der Waals surface area contributed by atoms with Gasteiger partial charge in [0.2, 0.25) is 5.91 Å². The summed E-state index contributed by atoms with van der Waals surface area (Å²) in [4.78, 5) is 10.5. The van der Waals surface area contributed by atoms with Crippen molar-refractivity contribution >= 4 is 57.3 Å². The summed E-state index contributed by atoms with van der Waals surface area (Å²) in [7, 11) is 0. The van der Waals surface area contributed by atoms with Crippen LogP contribution in [0.1, 0.15) is 51.9 Å². The number of rotatable bonds is 7. The number of amides is 1. The van der Waals surface area contributed by atoms with Crippen molar-refractivity contribution in [3.8, 4) is 0 Å². The van der Waals surface area contributed by atoms with Gasteiger partial charge in [0.15, 0.2) is 0 Å². The molecule has 0 aromatic heterocycles. The van der Waals surface area contributed by atoms with Crippen LogP contribution in [-0.2, 0) is 4.79 Å². The van der Waals surface area contributed by atoms with Crippen LogP contribution in [0.3, 0.4) is 0 Å². The van der Waals surface area contributed by atoms with Crippen LogP contribution in [0.15, 0.2) is 0 Å². The number of carbonyl (C=O) groups is 1. The zero-order valence-corrected chi connectivity index (χ0v) is 7.81.